The number of hydrogen-bond donors (Lipinski definition) is 0. The summed E-state index contributed by atoms with van der Waals surface area (Å²) >= 11 is 0. The zero-order valence-electron chi connectivity index (χ0n) is 14.6. The van der Waals surface area contributed by atoms with Crippen molar-refractivity contribution in [2.75, 3.05) is 11.7 Å². The van der Waals surface area contributed by atoms with Crippen LogP contribution in [0.1, 0.15) is 31.9 Å². The van der Waals surface area contributed by atoms with Gasteiger partial charge in [0.2, 0.25) is 0 Å². The smallest absolute Gasteiger partial charge is 0.340 e. The number of esters is 1. The van der Waals surface area contributed by atoms with Crippen molar-refractivity contribution in [1.29, 1.82) is 0 Å². The molecule has 7 nitrogen and oxygen atoms in total. The lowest BCUT2D eigenvalue weighted by molar-refractivity contribution is -0.385. The van der Waals surface area contributed by atoms with Crippen LogP contribution in [-0.2, 0) is 14.4 Å². The van der Waals surface area contributed by atoms with Gasteiger partial charge < -0.3 is 4.74 Å². The number of rotatable bonds is 5. The molecule has 0 aromatic heterocycles. The van der Waals surface area contributed by atoms with Crippen LogP contribution in [0, 0.1) is 10.1 Å². The monoisotopic (exact) mass is 356 g/mol. The number of carbonyl (C=O) groups is 1. The number of ether oxygens (including phenoxy) is 1. The maximum absolute atomic E-state index is 12.4. The van der Waals surface area contributed by atoms with Crippen LogP contribution in [0.2, 0.25) is 0 Å². The predicted molar refractivity (Wildman–Crippen MR) is 95.5 cm³/mol. The summed E-state index contributed by atoms with van der Waals surface area (Å²) in [7, 11) is 0. The van der Waals surface area contributed by atoms with Crippen molar-refractivity contribution >= 4 is 17.3 Å². The Morgan fingerprint density at radius 1 is 1.27 bits per heavy atom. The molecule has 2 atom stereocenters. The standard InChI is InChI=1S/C19H20N2O5/c1-3-25-18(22)19(2)13-17(15-11-7-8-12-16(15)21(23)24)20(26-19)14-9-5-4-6-10-14/h4-12,17H,3,13H2,1-2H3/t17-,19+/m0/s1. The number of para-hydroxylation sites is 2. The fraction of sp³-hybridized carbons (Fsp3) is 0.316. The van der Waals surface area contributed by atoms with E-state index >= 15 is 0 Å². The zero-order valence-corrected chi connectivity index (χ0v) is 14.6. The number of nitro benzene ring substituents is 1. The van der Waals surface area contributed by atoms with Gasteiger partial charge in [0.25, 0.3) is 5.69 Å². The number of carbonyl (C=O) groups excluding carboxylic acids is 1. The molecule has 7 heteroatoms. The fourth-order valence-electron chi connectivity index (χ4n) is 3.15. The van der Waals surface area contributed by atoms with Crippen molar-refractivity contribution in [3.05, 3.63) is 70.3 Å². The molecule has 0 saturated carbocycles. The summed E-state index contributed by atoms with van der Waals surface area (Å²) in [5.74, 6) is -0.484. The Labute approximate surface area is 151 Å². The number of nitrogens with zero attached hydrogens (tertiary/aromatic N) is 2. The summed E-state index contributed by atoms with van der Waals surface area (Å²) in [4.78, 5) is 29.5. The van der Waals surface area contributed by atoms with Gasteiger partial charge in [-0.1, -0.05) is 30.3 Å². The predicted octanol–water partition coefficient (Wildman–Crippen LogP) is 3.80. The van der Waals surface area contributed by atoms with Crippen molar-refractivity contribution < 1.29 is 19.3 Å². The maximum atomic E-state index is 12.4. The molecule has 0 bridgehead atoms. The van der Waals surface area contributed by atoms with Crippen molar-refractivity contribution in [2.24, 2.45) is 0 Å². The van der Waals surface area contributed by atoms with Crippen LogP contribution < -0.4 is 5.06 Å². The Morgan fingerprint density at radius 3 is 2.58 bits per heavy atom. The van der Waals surface area contributed by atoms with Gasteiger partial charge in [0.15, 0.2) is 5.60 Å². The highest BCUT2D eigenvalue weighted by atomic mass is 16.7. The number of hydroxylamine groups is 1. The lowest BCUT2D eigenvalue weighted by Gasteiger charge is -2.26. The van der Waals surface area contributed by atoms with E-state index in [0.717, 1.165) is 0 Å². The van der Waals surface area contributed by atoms with Gasteiger partial charge in [-0.05, 0) is 32.0 Å². The molecule has 1 saturated heterocycles. The molecule has 0 aliphatic carbocycles. The minimum Gasteiger partial charge on any atom is -0.464 e. The molecule has 0 unspecified atom stereocenters. The van der Waals surface area contributed by atoms with Gasteiger partial charge in [-0.3, -0.25) is 15.0 Å². The molecule has 0 N–H and O–H groups in total. The second kappa shape index (κ2) is 7.13. The number of hydrogen-bond acceptors (Lipinski definition) is 6. The summed E-state index contributed by atoms with van der Waals surface area (Å²) in [6, 6.07) is 15.2. The minimum atomic E-state index is -1.22. The molecule has 1 aliphatic rings. The average molecular weight is 356 g/mol. The molecular weight excluding hydrogens is 336 g/mol. The summed E-state index contributed by atoms with van der Waals surface area (Å²) in [5.41, 5.74) is -0.0200. The number of anilines is 1. The lowest BCUT2D eigenvalue weighted by atomic mass is 9.93. The van der Waals surface area contributed by atoms with E-state index in [2.05, 4.69) is 0 Å². The Kier molecular flexibility index (Phi) is 4.90. The average Bonchev–Trinajstić information content (AvgIpc) is 3.02. The SMILES string of the molecule is CCOC(=O)[C@@]1(C)C[C@@H](c2ccccc2[N+](=O)[O-])N(c2ccccc2)O1. The Bertz CT molecular complexity index is 811. The molecule has 0 radical (unpaired) electrons. The molecule has 1 fully saturated rings. The summed E-state index contributed by atoms with van der Waals surface area (Å²) < 4.78 is 5.15. The highest BCUT2D eigenvalue weighted by Gasteiger charge is 2.51. The van der Waals surface area contributed by atoms with E-state index in [1.807, 2.05) is 30.3 Å². The number of nitro groups is 1. The lowest BCUT2D eigenvalue weighted by Crippen LogP contribution is -2.38. The molecule has 136 valence electrons. The Morgan fingerprint density at radius 2 is 1.92 bits per heavy atom. The van der Waals surface area contributed by atoms with Crippen LogP contribution in [0.4, 0.5) is 11.4 Å². The Balaban J connectivity index is 2.06. The minimum absolute atomic E-state index is 0.00450. The van der Waals surface area contributed by atoms with E-state index < -0.39 is 22.5 Å². The molecule has 2 aromatic rings. The quantitative estimate of drug-likeness (QED) is 0.460. The van der Waals surface area contributed by atoms with Crippen molar-refractivity contribution in [1.82, 2.24) is 0 Å². The van der Waals surface area contributed by atoms with Gasteiger partial charge in [-0.2, -0.15) is 0 Å². The van der Waals surface area contributed by atoms with Crippen molar-refractivity contribution in [3.8, 4) is 0 Å². The van der Waals surface area contributed by atoms with Crippen molar-refractivity contribution in [2.45, 2.75) is 31.9 Å². The second-order valence-electron chi connectivity index (χ2n) is 6.24. The molecule has 3 rings (SSSR count). The summed E-state index contributed by atoms with van der Waals surface area (Å²) in [5, 5.41) is 13.0. The highest BCUT2D eigenvalue weighted by Crippen LogP contribution is 2.45. The van der Waals surface area contributed by atoms with Gasteiger partial charge in [0.1, 0.15) is 0 Å². The van der Waals surface area contributed by atoms with Gasteiger partial charge in [0.05, 0.1) is 28.8 Å². The first-order valence-electron chi connectivity index (χ1n) is 8.40. The van der Waals surface area contributed by atoms with Gasteiger partial charge in [-0.25, -0.2) is 9.86 Å². The van der Waals surface area contributed by atoms with E-state index in [1.165, 1.54) is 6.07 Å². The first-order chi connectivity index (χ1) is 12.5. The topological polar surface area (TPSA) is 81.9 Å². The van der Waals surface area contributed by atoms with Gasteiger partial charge in [-0.15, -0.1) is 0 Å². The fourth-order valence-corrected chi connectivity index (χ4v) is 3.15. The third-order valence-electron chi connectivity index (χ3n) is 4.38. The molecule has 2 aromatic carbocycles. The maximum Gasteiger partial charge on any atom is 0.340 e. The second-order valence-corrected chi connectivity index (χ2v) is 6.24. The Hall–Kier alpha value is -2.93. The van der Waals surface area contributed by atoms with E-state index in [0.29, 0.717) is 11.3 Å². The largest absolute Gasteiger partial charge is 0.464 e. The molecule has 0 amide bonds. The van der Waals surface area contributed by atoms with Crippen LogP contribution in [0.3, 0.4) is 0 Å². The van der Waals surface area contributed by atoms with E-state index in [-0.39, 0.29) is 18.7 Å². The third-order valence-corrected chi connectivity index (χ3v) is 4.38. The van der Waals surface area contributed by atoms with E-state index in [1.54, 1.807) is 37.1 Å². The van der Waals surface area contributed by atoms with Crippen LogP contribution in [0.5, 0.6) is 0 Å². The molecular formula is C19H20N2O5. The van der Waals surface area contributed by atoms with E-state index in [4.69, 9.17) is 9.57 Å². The molecule has 1 heterocycles. The molecule has 26 heavy (non-hydrogen) atoms. The number of benzene rings is 2. The van der Waals surface area contributed by atoms with Crippen LogP contribution >= 0.6 is 0 Å². The zero-order chi connectivity index (χ0) is 18.7. The first-order valence-corrected chi connectivity index (χ1v) is 8.40. The summed E-state index contributed by atoms with van der Waals surface area (Å²) in [6.07, 6.45) is 0.242. The van der Waals surface area contributed by atoms with Crippen LogP contribution in [-0.4, -0.2) is 23.1 Å². The van der Waals surface area contributed by atoms with Gasteiger partial charge in [0, 0.05) is 12.5 Å². The molecule has 1 aliphatic heterocycles. The molecule has 0 spiro atoms. The van der Waals surface area contributed by atoms with Crippen LogP contribution in [0.15, 0.2) is 54.6 Å². The van der Waals surface area contributed by atoms with Crippen molar-refractivity contribution in [3.63, 3.8) is 0 Å². The summed E-state index contributed by atoms with van der Waals surface area (Å²) in [6.45, 7) is 3.61. The van der Waals surface area contributed by atoms with Crippen LogP contribution in [0.25, 0.3) is 0 Å². The van der Waals surface area contributed by atoms with E-state index in [9.17, 15) is 14.9 Å². The normalized spacial score (nSPS) is 22.2. The van der Waals surface area contributed by atoms with Gasteiger partial charge >= 0.3 is 5.97 Å². The third kappa shape index (κ3) is 3.25. The first kappa shape index (κ1) is 17.9. The highest BCUT2D eigenvalue weighted by molar-refractivity contribution is 5.80.